The lowest BCUT2D eigenvalue weighted by Gasteiger charge is -2.26. The molecule has 0 unspecified atom stereocenters. The molecule has 20 heavy (non-hydrogen) atoms. The Hall–Kier alpha value is -0.290. The molecule has 2 nitrogen and oxygen atoms in total. The summed E-state index contributed by atoms with van der Waals surface area (Å²) in [6.45, 7) is 3.10. The second-order valence-electron chi connectivity index (χ2n) is 5.79. The topological polar surface area (TPSA) is 29.1 Å². The van der Waals surface area contributed by atoms with Crippen LogP contribution in [-0.4, -0.2) is 12.5 Å². The monoisotopic (exact) mass is 405 g/mol. The van der Waals surface area contributed by atoms with Gasteiger partial charge in [-0.05, 0) is 59.0 Å². The zero-order valence-corrected chi connectivity index (χ0v) is 14.7. The van der Waals surface area contributed by atoms with Gasteiger partial charge in [0.15, 0.2) is 0 Å². The molecule has 1 aromatic carbocycles. The molecule has 1 saturated carbocycles. The van der Waals surface area contributed by atoms with Crippen molar-refractivity contribution < 1.29 is 4.79 Å². The predicted octanol–water partition coefficient (Wildman–Crippen LogP) is 4.89. The molecule has 1 N–H and O–H groups in total. The average molecular weight is 406 g/mol. The van der Waals surface area contributed by atoms with E-state index in [0.29, 0.717) is 10.6 Å². The molecule has 1 fully saturated rings. The maximum Gasteiger partial charge on any atom is 0.252 e. The number of halogens is 2. The van der Waals surface area contributed by atoms with E-state index in [9.17, 15) is 4.79 Å². The minimum absolute atomic E-state index is 0.0129. The van der Waals surface area contributed by atoms with Gasteiger partial charge in [0.1, 0.15) is 0 Å². The molecule has 0 bridgehead atoms. The maximum absolute atomic E-state index is 12.1. The molecule has 1 aliphatic carbocycles. The second kappa shape index (κ2) is 7.64. The molecular weight excluding hydrogens is 385 g/mol. The first-order valence-corrected chi connectivity index (χ1v) is 8.75. The highest BCUT2D eigenvalue weighted by molar-refractivity contribution is 14.1. The van der Waals surface area contributed by atoms with Gasteiger partial charge in [0.05, 0.1) is 5.56 Å². The van der Waals surface area contributed by atoms with Gasteiger partial charge in [0.25, 0.3) is 5.91 Å². The zero-order valence-electron chi connectivity index (χ0n) is 11.8. The summed E-state index contributed by atoms with van der Waals surface area (Å²) in [6, 6.07) is 5.42. The first kappa shape index (κ1) is 16.1. The highest BCUT2D eigenvalue weighted by atomic mass is 127. The minimum atomic E-state index is -0.0129. The van der Waals surface area contributed by atoms with Gasteiger partial charge in [0, 0.05) is 15.1 Å². The van der Waals surface area contributed by atoms with Gasteiger partial charge in [-0.1, -0.05) is 44.2 Å². The van der Waals surface area contributed by atoms with Crippen LogP contribution in [-0.2, 0) is 0 Å². The second-order valence-corrected chi connectivity index (χ2v) is 7.39. The lowest BCUT2D eigenvalue weighted by molar-refractivity contribution is 0.0949. The molecule has 0 spiro atoms. The quantitative estimate of drug-likeness (QED) is 0.710. The number of rotatable bonds is 4. The summed E-state index contributed by atoms with van der Waals surface area (Å²) in [5, 5.41) is 3.63. The van der Waals surface area contributed by atoms with Crippen LogP contribution in [0.1, 0.15) is 49.4 Å². The Bertz CT molecular complexity index is 470. The molecular formula is C16H21ClINO. The molecule has 0 aromatic heterocycles. The third-order valence-electron chi connectivity index (χ3n) is 4.15. The molecule has 4 heteroatoms. The van der Waals surface area contributed by atoms with Crippen molar-refractivity contribution >= 4 is 40.1 Å². The zero-order chi connectivity index (χ0) is 14.5. The van der Waals surface area contributed by atoms with Crippen LogP contribution in [0.5, 0.6) is 0 Å². The van der Waals surface area contributed by atoms with E-state index < -0.39 is 0 Å². The number of carbonyl (C=O) groups excluding carboxylic acids is 1. The molecule has 1 aromatic rings. The smallest absolute Gasteiger partial charge is 0.252 e. The van der Waals surface area contributed by atoms with Gasteiger partial charge in [0.2, 0.25) is 0 Å². The molecule has 0 aliphatic heterocycles. The standard InChI is InChI=1S/C16H21ClINO/c1-11-2-4-12(5-3-11)8-9-19-16(20)14-10-13(17)6-7-15(14)18/h6-7,10-12H,2-5,8-9H2,1H3,(H,19,20). The Morgan fingerprint density at radius 1 is 1.35 bits per heavy atom. The van der Waals surface area contributed by atoms with Crippen LogP contribution in [0.2, 0.25) is 5.02 Å². The van der Waals surface area contributed by atoms with Crippen molar-refractivity contribution in [2.75, 3.05) is 6.54 Å². The van der Waals surface area contributed by atoms with Gasteiger partial charge in [-0.15, -0.1) is 0 Å². The highest BCUT2D eigenvalue weighted by Crippen LogP contribution is 2.30. The normalized spacial score (nSPS) is 22.6. The summed E-state index contributed by atoms with van der Waals surface area (Å²) < 4.78 is 0.941. The molecule has 0 saturated heterocycles. The molecule has 1 amide bonds. The largest absolute Gasteiger partial charge is 0.352 e. The van der Waals surface area contributed by atoms with E-state index in [1.807, 2.05) is 12.1 Å². The van der Waals surface area contributed by atoms with Gasteiger partial charge in [-0.3, -0.25) is 4.79 Å². The molecule has 2 rings (SSSR count). The van der Waals surface area contributed by atoms with Crippen molar-refractivity contribution in [1.82, 2.24) is 5.32 Å². The van der Waals surface area contributed by atoms with Crippen LogP contribution in [0.4, 0.5) is 0 Å². The number of carbonyl (C=O) groups is 1. The van der Waals surface area contributed by atoms with E-state index in [1.54, 1.807) is 6.07 Å². The SMILES string of the molecule is CC1CCC(CCNC(=O)c2cc(Cl)ccc2I)CC1. The Balaban J connectivity index is 1.79. The van der Waals surface area contributed by atoms with Crippen molar-refractivity contribution in [3.63, 3.8) is 0 Å². The lowest BCUT2D eigenvalue weighted by atomic mass is 9.81. The van der Waals surface area contributed by atoms with Crippen LogP contribution < -0.4 is 5.32 Å². The Morgan fingerprint density at radius 3 is 2.75 bits per heavy atom. The summed E-state index contributed by atoms with van der Waals surface area (Å²) in [4.78, 5) is 12.1. The fourth-order valence-electron chi connectivity index (χ4n) is 2.77. The van der Waals surface area contributed by atoms with Crippen molar-refractivity contribution in [2.24, 2.45) is 11.8 Å². The van der Waals surface area contributed by atoms with Crippen LogP contribution in [0, 0.1) is 15.4 Å². The number of amides is 1. The van der Waals surface area contributed by atoms with Gasteiger partial charge in [-0.25, -0.2) is 0 Å². The lowest BCUT2D eigenvalue weighted by Crippen LogP contribution is -2.27. The average Bonchev–Trinajstić information content (AvgIpc) is 2.43. The molecule has 1 aliphatic rings. The van der Waals surface area contributed by atoms with E-state index in [0.717, 1.165) is 28.4 Å². The van der Waals surface area contributed by atoms with Crippen molar-refractivity contribution in [3.05, 3.63) is 32.4 Å². The fraction of sp³-hybridized carbons (Fsp3) is 0.562. The van der Waals surface area contributed by atoms with E-state index in [2.05, 4.69) is 34.8 Å². The van der Waals surface area contributed by atoms with E-state index in [4.69, 9.17) is 11.6 Å². The Labute approximate surface area is 139 Å². The first-order chi connectivity index (χ1) is 9.56. The van der Waals surface area contributed by atoms with Crippen molar-refractivity contribution in [1.29, 1.82) is 0 Å². The van der Waals surface area contributed by atoms with Gasteiger partial charge < -0.3 is 5.32 Å². The van der Waals surface area contributed by atoms with E-state index >= 15 is 0 Å². The number of hydrogen-bond acceptors (Lipinski definition) is 1. The highest BCUT2D eigenvalue weighted by Gasteiger charge is 2.18. The molecule has 0 heterocycles. The molecule has 0 radical (unpaired) electrons. The fourth-order valence-corrected chi connectivity index (χ4v) is 3.53. The third-order valence-corrected chi connectivity index (χ3v) is 5.32. The summed E-state index contributed by atoms with van der Waals surface area (Å²) in [5.41, 5.74) is 0.676. The van der Waals surface area contributed by atoms with E-state index in [1.165, 1.54) is 25.7 Å². The molecule has 0 atom stereocenters. The van der Waals surface area contributed by atoms with Crippen LogP contribution in [0.15, 0.2) is 18.2 Å². The molecule has 110 valence electrons. The number of hydrogen-bond donors (Lipinski definition) is 1. The van der Waals surface area contributed by atoms with Crippen LogP contribution >= 0.6 is 34.2 Å². The summed E-state index contributed by atoms with van der Waals surface area (Å²) >= 11 is 8.12. The van der Waals surface area contributed by atoms with E-state index in [-0.39, 0.29) is 5.91 Å². The van der Waals surface area contributed by atoms with Crippen molar-refractivity contribution in [2.45, 2.75) is 39.0 Å². The number of benzene rings is 1. The number of nitrogens with one attached hydrogen (secondary N) is 1. The summed E-state index contributed by atoms with van der Waals surface area (Å²) in [5.74, 6) is 1.65. The van der Waals surface area contributed by atoms with Crippen LogP contribution in [0.3, 0.4) is 0 Å². The Morgan fingerprint density at radius 2 is 2.05 bits per heavy atom. The predicted molar refractivity (Wildman–Crippen MR) is 92.2 cm³/mol. The van der Waals surface area contributed by atoms with Gasteiger partial charge in [-0.2, -0.15) is 0 Å². The van der Waals surface area contributed by atoms with Crippen molar-refractivity contribution in [3.8, 4) is 0 Å². The summed E-state index contributed by atoms with van der Waals surface area (Å²) in [7, 11) is 0. The van der Waals surface area contributed by atoms with Crippen LogP contribution in [0.25, 0.3) is 0 Å². The Kier molecular flexibility index (Phi) is 6.15. The van der Waals surface area contributed by atoms with Gasteiger partial charge >= 0.3 is 0 Å². The maximum atomic E-state index is 12.1. The summed E-state index contributed by atoms with van der Waals surface area (Å²) in [6.07, 6.45) is 6.39. The first-order valence-electron chi connectivity index (χ1n) is 7.29. The minimum Gasteiger partial charge on any atom is -0.352 e. The third kappa shape index (κ3) is 4.62.